The molecule has 112 valence electrons. The molecule has 0 saturated heterocycles. The number of methoxy groups -OCH3 is 1. The third kappa shape index (κ3) is 3.29. The van der Waals surface area contributed by atoms with Crippen LogP contribution in [-0.4, -0.2) is 31.6 Å². The minimum atomic E-state index is -3.96. The molecule has 21 heavy (non-hydrogen) atoms. The van der Waals surface area contributed by atoms with E-state index in [4.69, 9.17) is 21.4 Å². The number of sulfonamides is 1. The van der Waals surface area contributed by atoms with Crippen LogP contribution in [0.15, 0.2) is 35.4 Å². The molecule has 3 N–H and O–H groups in total. The van der Waals surface area contributed by atoms with E-state index in [1.54, 1.807) is 6.07 Å². The first-order chi connectivity index (χ1) is 9.83. The van der Waals surface area contributed by atoms with Crippen molar-refractivity contribution < 1.29 is 23.1 Å². The Hall–Kier alpha value is -2.19. The van der Waals surface area contributed by atoms with Crippen LogP contribution < -0.4 is 9.46 Å². The van der Waals surface area contributed by atoms with E-state index in [-0.39, 0.29) is 21.3 Å². The van der Waals surface area contributed by atoms with Gasteiger partial charge in [-0.05, 0) is 18.2 Å². The summed E-state index contributed by atoms with van der Waals surface area (Å²) >= 11 is 5.92. The Labute approximate surface area is 125 Å². The van der Waals surface area contributed by atoms with Crippen molar-refractivity contribution in [3.63, 3.8) is 0 Å². The number of aromatic amines is 1. The number of benzene rings is 1. The van der Waals surface area contributed by atoms with Crippen LogP contribution in [0.3, 0.4) is 0 Å². The van der Waals surface area contributed by atoms with Gasteiger partial charge in [-0.1, -0.05) is 11.6 Å². The summed E-state index contributed by atoms with van der Waals surface area (Å²) in [6.07, 6.45) is 1.08. The molecule has 0 saturated carbocycles. The number of carboxylic acids is 1. The minimum absolute atomic E-state index is 0.133. The molecule has 1 aromatic carbocycles. The molecule has 0 unspecified atom stereocenters. The van der Waals surface area contributed by atoms with E-state index in [0.717, 1.165) is 12.3 Å². The third-order valence-corrected chi connectivity index (χ3v) is 4.29. The SMILES string of the molecule is COc1ccc(Cl)c(NS(=O)(=O)c2c[nH]c(C(=O)O)c2)c1. The number of halogens is 1. The Balaban J connectivity index is 2.34. The summed E-state index contributed by atoms with van der Waals surface area (Å²) in [7, 11) is -2.52. The topological polar surface area (TPSA) is 108 Å². The normalized spacial score (nSPS) is 11.1. The average Bonchev–Trinajstić information content (AvgIpc) is 2.92. The number of aromatic nitrogens is 1. The molecule has 0 amide bonds. The Bertz CT molecular complexity index is 785. The zero-order valence-electron chi connectivity index (χ0n) is 10.8. The van der Waals surface area contributed by atoms with Gasteiger partial charge in [0.25, 0.3) is 10.0 Å². The van der Waals surface area contributed by atoms with Gasteiger partial charge in [-0.2, -0.15) is 0 Å². The monoisotopic (exact) mass is 330 g/mol. The van der Waals surface area contributed by atoms with E-state index in [1.165, 1.54) is 19.2 Å². The summed E-state index contributed by atoms with van der Waals surface area (Å²) in [5.74, 6) is -0.826. The molecule has 0 spiro atoms. The average molecular weight is 331 g/mol. The van der Waals surface area contributed by atoms with Crippen LogP contribution >= 0.6 is 11.6 Å². The molecule has 0 aliphatic heterocycles. The van der Waals surface area contributed by atoms with Gasteiger partial charge < -0.3 is 14.8 Å². The lowest BCUT2D eigenvalue weighted by Gasteiger charge is -2.09. The van der Waals surface area contributed by atoms with Crippen molar-refractivity contribution in [2.45, 2.75) is 4.90 Å². The Morgan fingerprint density at radius 1 is 1.38 bits per heavy atom. The lowest BCUT2D eigenvalue weighted by atomic mass is 10.3. The number of H-pyrrole nitrogens is 1. The summed E-state index contributed by atoms with van der Waals surface area (Å²) in [6, 6.07) is 5.50. The molecule has 0 atom stereocenters. The standard InChI is InChI=1S/C12H11ClN2O5S/c1-20-7-2-3-9(13)10(4-7)15-21(18,19)8-5-11(12(16)17)14-6-8/h2-6,14-15H,1H3,(H,16,17). The zero-order valence-corrected chi connectivity index (χ0v) is 12.3. The molecular formula is C12H11ClN2O5S. The highest BCUT2D eigenvalue weighted by atomic mass is 35.5. The number of rotatable bonds is 5. The summed E-state index contributed by atoms with van der Waals surface area (Å²) < 4.78 is 31.6. The van der Waals surface area contributed by atoms with Crippen molar-refractivity contribution in [1.82, 2.24) is 4.98 Å². The minimum Gasteiger partial charge on any atom is -0.497 e. The molecule has 0 aliphatic carbocycles. The largest absolute Gasteiger partial charge is 0.497 e. The van der Waals surface area contributed by atoms with Gasteiger partial charge in [-0.3, -0.25) is 4.72 Å². The fourth-order valence-electron chi connectivity index (χ4n) is 1.57. The van der Waals surface area contributed by atoms with Gasteiger partial charge in [-0.15, -0.1) is 0 Å². The van der Waals surface area contributed by atoms with E-state index in [9.17, 15) is 13.2 Å². The molecule has 1 heterocycles. The molecule has 1 aromatic heterocycles. The van der Waals surface area contributed by atoms with Crippen molar-refractivity contribution in [3.05, 3.63) is 41.2 Å². The first-order valence-electron chi connectivity index (χ1n) is 5.61. The van der Waals surface area contributed by atoms with Crippen molar-refractivity contribution >= 4 is 33.3 Å². The zero-order chi connectivity index (χ0) is 15.6. The number of anilines is 1. The predicted molar refractivity (Wildman–Crippen MR) is 76.6 cm³/mol. The third-order valence-electron chi connectivity index (χ3n) is 2.62. The van der Waals surface area contributed by atoms with Crippen LogP contribution in [0.1, 0.15) is 10.5 Å². The highest BCUT2D eigenvalue weighted by Crippen LogP contribution is 2.28. The summed E-state index contributed by atoms with van der Waals surface area (Å²) in [5, 5.41) is 8.97. The lowest BCUT2D eigenvalue weighted by molar-refractivity contribution is 0.0691. The van der Waals surface area contributed by atoms with Crippen molar-refractivity contribution in [2.75, 3.05) is 11.8 Å². The molecule has 0 radical (unpaired) electrons. The number of hydrogen-bond acceptors (Lipinski definition) is 4. The van der Waals surface area contributed by atoms with Crippen molar-refractivity contribution in [1.29, 1.82) is 0 Å². The highest BCUT2D eigenvalue weighted by Gasteiger charge is 2.19. The van der Waals surface area contributed by atoms with Gasteiger partial charge in [0, 0.05) is 12.3 Å². The maximum absolute atomic E-state index is 12.2. The molecule has 9 heteroatoms. The number of hydrogen-bond donors (Lipinski definition) is 3. The second-order valence-electron chi connectivity index (χ2n) is 4.01. The molecule has 7 nitrogen and oxygen atoms in total. The van der Waals surface area contributed by atoms with Crippen molar-refractivity contribution in [3.8, 4) is 5.75 Å². The Kier molecular flexibility index (Phi) is 4.10. The molecule has 0 bridgehead atoms. The predicted octanol–water partition coefficient (Wildman–Crippen LogP) is 2.18. The number of carbonyl (C=O) groups is 1. The van der Waals surface area contributed by atoms with Gasteiger partial charge in [-0.25, -0.2) is 13.2 Å². The fraction of sp³-hybridized carbons (Fsp3) is 0.0833. The van der Waals surface area contributed by atoms with Crippen LogP contribution in [0.25, 0.3) is 0 Å². The molecule has 2 rings (SSSR count). The van der Waals surface area contributed by atoms with E-state index in [0.29, 0.717) is 5.75 Å². The number of carboxylic acid groups (broad SMARTS) is 1. The van der Waals surface area contributed by atoms with Crippen molar-refractivity contribution in [2.24, 2.45) is 0 Å². The fourth-order valence-corrected chi connectivity index (χ4v) is 2.85. The number of ether oxygens (including phenoxy) is 1. The maximum Gasteiger partial charge on any atom is 0.352 e. The maximum atomic E-state index is 12.2. The van der Waals surface area contributed by atoms with E-state index in [2.05, 4.69) is 9.71 Å². The summed E-state index contributed by atoms with van der Waals surface area (Å²) in [5.41, 5.74) is -0.0961. The van der Waals surface area contributed by atoms with E-state index >= 15 is 0 Å². The van der Waals surface area contributed by atoms with Gasteiger partial charge in [0.1, 0.15) is 16.3 Å². The summed E-state index contributed by atoms with van der Waals surface area (Å²) in [6.45, 7) is 0. The Morgan fingerprint density at radius 3 is 2.67 bits per heavy atom. The second-order valence-corrected chi connectivity index (χ2v) is 6.10. The first kappa shape index (κ1) is 15.2. The molecule has 0 aliphatic rings. The van der Waals surface area contributed by atoms with Gasteiger partial charge in [0.05, 0.1) is 17.8 Å². The smallest absolute Gasteiger partial charge is 0.352 e. The van der Waals surface area contributed by atoms with Crippen LogP contribution in [0.5, 0.6) is 5.75 Å². The van der Waals surface area contributed by atoms with Crippen LogP contribution in [-0.2, 0) is 10.0 Å². The van der Waals surface area contributed by atoms with Gasteiger partial charge in [0.15, 0.2) is 0 Å². The quantitative estimate of drug-likeness (QED) is 0.778. The molecular weight excluding hydrogens is 320 g/mol. The second kappa shape index (κ2) is 5.66. The Morgan fingerprint density at radius 2 is 2.10 bits per heavy atom. The van der Waals surface area contributed by atoms with Crippen LogP contribution in [0, 0.1) is 0 Å². The van der Waals surface area contributed by atoms with Gasteiger partial charge in [0.2, 0.25) is 0 Å². The molecule has 0 fully saturated rings. The van der Waals surface area contributed by atoms with E-state index in [1.807, 2.05) is 0 Å². The van der Waals surface area contributed by atoms with E-state index < -0.39 is 16.0 Å². The lowest BCUT2D eigenvalue weighted by Crippen LogP contribution is -2.12. The summed E-state index contributed by atoms with van der Waals surface area (Å²) in [4.78, 5) is 12.9. The van der Waals surface area contributed by atoms with Crippen LogP contribution in [0.4, 0.5) is 5.69 Å². The number of nitrogens with one attached hydrogen (secondary N) is 2. The molecule has 2 aromatic rings. The van der Waals surface area contributed by atoms with Crippen LogP contribution in [0.2, 0.25) is 5.02 Å². The van der Waals surface area contributed by atoms with Gasteiger partial charge >= 0.3 is 5.97 Å². The first-order valence-corrected chi connectivity index (χ1v) is 7.47. The number of aromatic carboxylic acids is 1. The highest BCUT2D eigenvalue weighted by molar-refractivity contribution is 7.92.